The average molecular weight is 447 g/mol. The van der Waals surface area contributed by atoms with Crippen molar-refractivity contribution in [2.75, 3.05) is 0 Å². The molecule has 0 amide bonds. The van der Waals surface area contributed by atoms with E-state index in [4.69, 9.17) is 0 Å². The van der Waals surface area contributed by atoms with Gasteiger partial charge in [0.2, 0.25) is 0 Å². The molecule has 3 aromatic rings. The van der Waals surface area contributed by atoms with Crippen molar-refractivity contribution in [1.82, 2.24) is 9.38 Å². The smallest absolute Gasteiger partial charge is 0.387 e. The molecule has 0 spiro atoms. The van der Waals surface area contributed by atoms with Crippen LogP contribution in [0.2, 0.25) is 0 Å². The van der Waals surface area contributed by atoms with Crippen LogP contribution in [0, 0.1) is 17.5 Å². The fourth-order valence-electron chi connectivity index (χ4n) is 3.25. The van der Waals surface area contributed by atoms with E-state index in [-0.39, 0.29) is 33.5 Å². The van der Waals surface area contributed by atoms with E-state index in [0.717, 1.165) is 12.1 Å². The zero-order valence-corrected chi connectivity index (χ0v) is 14.7. The van der Waals surface area contributed by atoms with E-state index < -0.39 is 41.5 Å². The zero-order chi connectivity index (χ0) is 19.5. The minimum absolute atomic E-state index is 0.0187. The number of carbonyl (C=O) groups excluding carboxylic acids is 1. The van der Waals surface area contributed by atoms with Gasteiger partial charge in [-0.3, -0.25) is 4.79 Å². The molecule has 1 atom stereocenters. The highest BCUT2D eigenvalue weighted by molar-refractivity contribution is 9.10. The fourth-order valence-corrected chi connectivity index (χ4v) is 3.57. The van der Waals surface area contributed by atoms with E-state index in [9.17, 15) is 26.7 Å². The molecule has 2 heterocycles. The standard InChI is InChI=1S/C17H8BrF5N2O2/c18-8-5-25-14(4-9(8)19)24-15-12(26)2-7(16(15)25)6-1-10(20)11(21)3-13(6)27-17(22)23/h1,3-5,7,17H,2H2. The maximum atomic E-state index is 13.8. The highest BCUT2D eigenvalue weighted by Crippen LogP contribution is 2.43. The number of ether oxygens (including phenoxy) is 1. The largest absolute Gasteiger partial charge is 0.434 e. The van der Waals surface area contributed by atoms with Gasteiger partial charge in [0.25, 0.3) is 0 Å². The maximum Gasteiger partial charge on any atom is 0.387 e. The van der Waals surface area contributed by atoms with Crippen molar-refractivity contribution in [2.45, 2.75) is 19.0 Å². The van der Waals surface area contributed by atoms with Crippen LogP contribution >= 0.6 is 15.9 Å². The Kier molecular flexibility index (Phi) is 4.17. The normalized spacial score (nSPS) is 16.4. The molecule has 0 aliphatic heterocycles. The number of aromatic nitrogens is 2. The molecule has 0 fully saturated rings. The molecule has 0 saturated heterocycles. The average Bonchev–Trinajstić information content (AvgIpc) is 3.09. The van der Waals surface area contributed by atoms with Gasteiger partial charge in [0.1, 0.15) is 22.9 Å². The third kappa shape index (κ3) is 2.88. The third-order valence-electron chi connectivity index (χ3n) is 4.33. The van der Waals surface area contributed by atoms with Crippen molar-refractivity contribution in [1.29, 1.82) is 0 Å². The van der Waals surface area contributed by atoms with Gasteiger partial charge in [-0.05, 0) is 22.0 Å². The molecule has 0 bridgehead atoms. The Morgan fingerprint density at radius 3 is 2.56 bits per heavy atom. The fraction of sp³-hybridized carbons (Fsp3) is 0.176. The van der Waals surface area contributed by atoms with Gasteiger partial charge in [-0.25, -0.2) is 18.2 Å². The second-order valence-corrected chi connectivity index (χ2v) is 6.76. The summed E-state index contributed by atoms with van der Waals surface area (Å²) in [4.78, 5) is 16.4. The number of hydrogen-bond acceptors (Lipinski definition) is 3. The van der Waals surface area contributed by atoms with Crippen LogP contribution in [0.4, 0.5) is 22.0 Å². The molecule has 27 heavy (non-hydrogen) atoms. The summed E-state index contributed by atoms with van der Waals surface area (Å²) in [5, 5.41) is 0. The number of Topliss-reactive ketones (excluding diaryl/α,β-unsaturated/α-hetero) is 1. The second kappa shape index (κ2) is 6.29. The number of imidazole rings is 1. The Bertz CT molecular complexity index is 1100. The number of hydrogen-bond donors (Lipinski definition) is 0. The van der Waals surface area contributed by atoms with Crippen molar-refractivity contribution >= 4 is 27.4 Å². The van der Waals surface area contributed by atoms with Crippen LogP contribution in [0.15, 0.2) is 28.9 Å². The summed E-state index contributed by atoms with van der Waals surface area (Å²) in [7, 11) is 0. The molecule has 0 radical (unpaired) electrons. The number of pyridine rings is 1. The molecule has 0 N–H and O–H groups in total. The minimum atomic E-state index is -3.27. The lowest BCUT2D eigenvalue weighted by Crippen LogP contribution is -2.10. The zero-order valence-electron chi connectivity index (χ0n) is 13.1. The highest BCUT2D eigenvalue weighted by atomic mass is 79.9. The monoisotopic (exact) mass is 446 g/mol. The van der Waals surface area contributed by atoms with E-state index in [0.29, 0.717) is 6.07 Å². The first kappa shape index (κ1) is 17.9. The van der Waals surface area contributed by atoms with Crippen LogP contribution in [0.1, 0.15) is 34.1 Å². The van der Waals surface area contributed by atoms with Crippen molar-refractivity contribution in [3.05, 3.63) is 63.3 Å². The molecular weight excluding hydrogens is 439 g/mol. The summed E-state index contributed by atoms with van der Waals surface area (Å²) in [5.41, 5.74) is 0.285. The first-order valence-corrected chi connectivity index (χ1v) is 8.39. The predicted molar refractivity (Wildman–Crippen MR) is 86.6 cm³/mol. The number of ketones is 1. The Balaban J connectivity index is 1.95. The molecule has 0 saturated carbocycles. The van der Waals surface area contributed by atoms with Crippen LogP contribution in [0.25, 0.3) is 5.65 Å². The lowest BCUT2D eigenvalue weighted by Gasteiger charge is -2.17. The second-order valence-electron chi connectivity index (χ2n) is 5.91. The quantitative estimate of drug-likeness (QED) is 0.541. The Labute approximate surface area is 156 Å². The summed E-state index contributed by atoms with van der Waals surface area (Å²) in [6.45, 7) is -3.27. The molecular formula is C17H8BrF5N2O2. The number of nitrogens with zero attached hydrogens (tertiary/aromatic N) is 2. The van der Waals surface area contributed by atoms with Crippen molar-refractivity contribution in [3.8, 4) is 5.75 Å². The van der Waals surface area contributed by atoms with Crippen molar-refractivity contribution < 1.29 is 31.5 Å². The summed E-state index contributed by atoms with van der Waals surface area (Å²) >= 11 is 3.03. The molecule has 140 valence electrons. The molecule has 1 aromatic carbocycles. The summed E-state index contributed by atoms with van der Waals surface area (Å²) < 4.78 is 72.3. The summed E-state index contributed by atoms with van der Waals surface area (Å²) in [6.07, 6.45) is 1.13. The lowest BCUT2D eigenvalue weighted by molar-refractivity contribution is -0.0507. The number of carbonyl (C=O) groups is 1. The molecule has 10 heteroatoms. The minimum Gasteiger partial charge on any atom is -0.434 e. The molecule has 2 aromatic heterocycles. The van der Waals surface area contributed by atoms with Crippen LogP contribution in [0.5, 0.6) is 5.75 Å². The van der Waals surface area contributed by atoms with Crippen LogP contribution < -0.4 is 4.74 Å². The van der Waals surface area contributed by atoms with Crippen LogP contribution in [0.3, 0.4) is 0 Å². The van der Waals surface area contributed by atoms with Crippen LogP contribution in [-0.4, -0.2) is 21.8 Å². The van der Waals surface area contributed by atoms with Gasteiger partial charge in [0.05, 0.1) is 10.2 Å². The van der Waals surface area contributed by atoms with Crippen LogP contribution in [-0.2, 0) is 0 Å². The topological polar surface area (TPSA) is 43.6 Å². The number of halogens is 6. The molecule has 1 unspecified atom stereocenters. The van der Waals surface area contributed by atoms with Crippen molar-refractivity contribution in [3.63, 3.8) is 0 Å². The van der Waals surface area contributed by atoms with E-state index >= 15 is 0 Å². The van der Waals surface area contributed by atoms with Gasteiger partial charge >= 0.3 is 6.61 Å². The molecule has 4 nitrogen and oxygen atoms in total. The van der Waals surface area contributed by atoms with Gasteiger partial charge in [0, 0.05) is 36.2 Å². The van der Waals surface area contributed by atoms with E-state index in [1.54, 1.807) is 0 Å². The number of fused-ring (bicyclic) bond motifs is 3. The molecule has 1 aliphatic rings. The Morgan fingerprint density at radius 1 is 1.15 bits per heavy atom. The van der Waals surface area contributed by atoms with Gasteiger partial charge in [-0.15, -0.1) is 0 Å². The van der Waals surface area contributed by atoms with Gasteiger partial charge in [-0.1, -0.05) is 0 Å². The third-order valence-corrected chi connectivity index (χ3v) is 4.91. The highest BCUT2D eigenvalue weighted by Gasteiger charge is 2.38. The predicted octanol–water partition coefficient (Wildman–Crippen LogP) is 4.83. The van der Waals surface area contributed by atoms with E-state index in [1.807, 2.05) is 0 Å². The number of alkyl halides is 2. The lowest BCUT2D eigenvalue weighted by atomic mass is 9.95. The first-order valence-electron chi connectivity index (χ1n) is 7.60. The van der Waals surface area contributed by atoms with Gasteiger partial charge < -0.3 is 9.14 Å². The summed E-state index contributed by atoms with van der Waals surface area (Å²) in [5.74, 6) is -5.16. The number of rotatable bonds is 3. The maximum absolute atomic E-state index is 13.8. The Morgan fingerprint density at radius 2 is 1.85 bits per heavy atom. The van der Waals surface area contributed by atoms with E-state index in [2.05, 4.69) is 25.7 Å². The van der Waals surface area contributed by atoms with Crippen molar-refractivity contribution in [2.24, 2.45) is 0 Å². The Hall–Kier alpha value is -2.49. The summed E-state index contributed by atoms with van der Waals surface area (Å²) in [6, 6.07) is 2.32. The first-order chi connectivity index (χ1) is 12.8. The molecule has 1 aliphatic carbocycles. The molecule has 4 rings (SSSR count). The van der Waals surface area contributed by atoms with E-state index in [1.165, 1.54) is 10.6 Å². The van der Waals surface area contributed by atoms with Gasteiger partial charge in [-0.2, -0.15) is 8.78 Å². The van der Waals surface area contributed by atoms with Gasteiger partial charge in [0.15, 0.2) is 17.4 Å². The number of benzene rings is 1. The SMILES string of the molecule is O=C1CC(c2cc(F)c(F)cc2OC(F)F)c2c1nc1cc(F)c(Br)cn21.